The Morgan fingerprint density at radius 1 is 1.88 bits per heavy atom. The molecule has 0 amide bonds. The van der Waals surface area contributed by atoms with Crippen molar-refractivity contribution in [2.45, 2.75) is 0 Å². The van der Waals surface area contributed by atoms with E-state index in [9.17, 15) is 4.57 Å². The maximum Gasteiger partial charge on any atom is 0.316 e. The summed E-state index contributed by atoms with van der Waals surface area (Å²) >= 11 is 0. The molecular weight excluding hydrogens is 129 g/mol. The van der Waals surface area contributed by atoms with Crippen LogP contribution in [-0.4, -0.2) is 25.1 Å². The van der Waals surface area contributed by atoms with E-state index in [4.69, 9.17) is 4.89 Å². The maximum atomic E-state index is 9.81. The molecule has 0 bridgehead atoms. The van der Waals surface area contributed by atoms with Gasteiger partial charge in [0.2, 0.25) is 0 Å². The van der Waals surface area contributed by atoms with E-state index < -0.39 is 8.25 Å². The Morgan fingerprint density at radius 2 is 2.50 bits per heavy atom. The van der Waals surface area contributed by atoms with Crippen LogP contribution in [-0.2, 0) is 9.09 Å². The van der Waals surface area contributed by atoms with Crippen LogP contribution in [0.15, 0.2) is 0 Å². The predicted octanol–water partition coefficient (Wildman–Crippen LogP) is -0.396. The molecule has 0 aromatic heterocycles. The molecule has 0 aromatic rings. The molecule has 1 unspecified atom stereocenters. The van der Waals surface area contributed by atoms with Gasteiger partial charge in [0.15, 0.2) is 0 Å². The summed E-state index contributed by atoms with van der Waals surface area (Å²) in [6, 6.07) is 0. The summed E-state index contributed by atoms with van der Waals surface area (Å²) in [7, 11) is -0.949. The molecule has 4 nitrogen and oxygen atoms in total. The second-order valence-electron chi connectivity index (χ2n) is 1.22. The van der Waals surface area contributed by atoms with Gasteiger partial charge in [-0.15, -0.1) is 0 Å². The largest absolute Gasteiger partial charge is 0.326 e. The van der Waals surface area contributed by atoms with Gasteiger partial charge < -0.3 is 14.7 Å². The average molecular weight is 139 g/mol. The summed E-state index contributed by atoms with van der Waals surface area (Å²) in [5.74, 6) is 0. The highest BCUT2D eigenvalue weighted by atomic mass is 31.1. The smallest absolute Gasteiger partial charge is 0.316 e. The molecule has 2 N–H and O–H groups in total. The summed E-state index contributed by atoms with van der Waals surface area (Å²) in [6.45, 7) is 0.905. The van der Waals surface area contributed by atoms with Gasteiger partial charge in [-0.3, -0.25) is 4.57 Å². The first-order chi connectivity index (χ1) is 3.77. The molecule has 0 aliphatic carbocycles. The summed E-state index contributed by atoms with van der Waals surface area (Å²) in [4.78, 5) is 8.08. The van der Waals surface area contributed by atoms with Crippen molar-refractivity contribution >= 4 is 8.25 Å². The van der Waals surface area contributed by atoms with Crippen molar-refractivity contribution < 1.29 is 14.0 Å². The zero-order valence-electron chi connectivity index (χ0n) is 4.68. The first kappa shape index (κ1) is 8.11. The van der Waals surface area contributed by atoms with Crippen LogP contribution >= 0.6 is 8.25 Å². The monoisotopic (exact) mass is 139 g/mol. The van der Waals surface area contributed by atoms with Gasteiger partial charge in [-0.25, -0.2) is 0 Å². The van der Waals surface area contributed by atoms with Gasteiger partial charge in [0.1, 0.15) is 0 Å². The number of likely N-dealkylation sites (N-methyl/N-ethyl adjacent to an activating group) is 1. The molecule has 8 heavy (non-hydrogen) atoms. The van der Waals surface area contributed by atoms with Gasteiger partial charge in [-0.05, 0) is 7.05 Å². The van der Waals surface area contributed by atoms with Gasteiger partial charge >= 0.3 is 8.25 Å². The highest BCUT2D eigenvalue weighted by Crippen LogP contribution is 2.12. The Hall–Kier alpha value is 0.110. The van der Waals surface area contributed by atoms with E-state index in [1.54, 1.807) is 7.05 Å². The van der Waals surface area contributed by atoms with Crippen LogP contribution in [0.5, 0.6) is 0 Å². The van der Waals surface area contributed by atoms with Crippen LogP contribution in [0.4, 0.5) is 0 Å². The topological polar surface area (TPSA) is 58.6 Å². The van der Waals surface area contributed by atoms with E-state index in [0.717, 1.165) is 0 Å². The SMILES string of the molecule is CNCCO[PH](=O)O. The lowest BCUT2D eigenvalue weighted by Gasteiger charge is -1.95. The van der Waals surface area contributed by atoms with E-state index in [2.05, 4.69) is 9.84 Å². The Bertz CT molecular complexity index is 76.9. The summed E-state index contributed by atoms with van der Waals surface area (Å²) in [5, 5.41) is 2.76. The molecule has 0 spiro atoms. The van der Waals surface area contributed by atoms with Crippen LogP contribution in [0, 0.1) is 0 Å². The molecule has 0 aromatic carbocycles. The lowest BCUT2D eigenvalue weighted by Crippen LogP contribution is -2.11. The highest BCUT2D eigenvalue weighted by molar-refractivity contribution is 7.32. The Kier molecular flexibility index (Phi) is 5.32. The van der Waals surface area contributed by atoms with Crippen molar-refractivity contribution in [3.63, 3.8) is 0 Å². The zero-order valence-corrected chi connectivity index (χ0v) is 5.68. The van der Waals surface area contributed by atoms with Crippen molar-refractivity contribution in [3.05, 3.63) is 0 Å². The standard InChI is InChI=1S/C3H10NO3P/c1-4-2-3-7-8(5)6/h4,8H,2-3H2,1H3,(H,5,6). The van der Waals surface area contributed by atoms with E-state index in [1.807, 2.05) is 0 Å². The minimum atomic E-state index is -2.70. The van der Waals surface area contributed by atoms with Gasteiger partial charge in [0.25, 0.3) is 0 Å². The molecule has 5 heteroatoms. The van der Waals surface area contributed by atoms with E-state index in [0.29, 0.717) is 13.2 Å². The Labute approximate surface area is 48.8 Å². The predicted molar refractivity (Wildman–Crippen MR) is 31.1 cm³/mol. The summed E-state index contributed by atoms with van der Waals surface area (Å²) in [5.41, 5.74) is 0. The third-order valence-electron chi connectivity index (χ3n) is 0.578. The normalized spacial score (nSPS) is 13.8. The molecule has 0 radical (unpaired) electrons. The molecule has 1 atom stereocenters. The molecule has 0 saturated carbocycles. The lowest BCUT2D eigenvalue weighted by molar-refractivity contribution is 0.283. The number of rotatable bonds is 4. The maximum absolute atomic E-state index is 9.81. The molecule has 0 rings (SSSR count). The second kappa shape index (κ2) is 5.25. The van der Waals surface area contributed by atoms with Crippen LogP contribution in [0.2, 0.25) is 0 Å². The summed E-state index contributed by atoms with van der Waals surface area (Å²) in [6.07, 6.45) is 0. The molecular formula is C3H10NO3P. The van der Waals surface area contributed by atoms with Crippen LogP contribution in [0.1, 0.15) is 0 Å². The van der Waals surface area contributed by atoms with Gasteiger partial charge in [-0.2, -0.15) is 0 Å². The molecule has 0 heterocycles. The van der Waals surface area contributed by atoms with Crippen molar-refractivity contribution in [3.8, 4) is 0 Å². The average Bonchev–Trinajstić information content (AvgIpc) is 1.66. The number of hydrogen-bond donors (Lipinski definition) is 2. The minimum absolute atomic E-state index is 0.296. The van der Waals surface area contributed by atoms with E-state index >= 15 is 0 Å². The van der Waals surface area contributed by atoms with Crippen molar-refractivity contribution in [2.24, 2.45) is 0 Å². The lowest BCUT2D eigenvalue weighted by atomic mass is 10.7. The van der Waals surface area contributed by atoms with Crippen LogP contribution in [0.3, 0.4) is 0 Å². The fourth-order valence-corrected chi connectivity index (χ4v) is 0.517. The Balaban J connectivity index is 2.82. The molecule has 0 aliphatic heterocycles. The first-order valence-electron chi connectivity index (χ1n) is 2.27. The zero-order chi connectivity index (χ0) is 6.41. The first-order valence-corrected chi connectivity index (χ1v) is 3.54. The summed E-state index contributed by atoms with van der Waals surface area (Å²) < 4.78 is 14.1. The molecule has 50 valence electrons. The third kappa shape index (κ3) is 6.11. The van der Waals surface area contributed by atoms with E-state index in [1.165, 1.54) is 0 Å². The van der Waals surface area contributed by atoms with Crippen LogP contribution in [0.25, 0.3) is 0 Å². The van der Waals surface area contributed by atoms with Crippen molar-refractivity contribution in [2.75, 3.05) is 20.2 Å². The minimum Gasteiger partial charge on any atom is -0.326 e. The quantitative estimate of drug-likeness (QED) is 0.411. The van der Waals surface area contributed by atoms with Crippen molar-refractivity contribution in [1.82, 2.24) is 5.32 Å². The fourth-order valence-electron chi connectivity index (χ4n) is 0.240. The van der Waals surface area contributed by atoms with Gasteiger partial charge in [0, 0.05) is 6.54 Å². The van der Waals surface area contributed by atoms with Gasteiger partial charge in [-0.1, -0.05) is 0 Å². The second-order valence-corrected chi connectivity index (χ2v) is 2.04. The molecule has 0 fully saturated rings. The molecule has 0 saturated heterocycles. The highest BCUT2D eigenvalue weighted by Gasteiger charge is 1.87. The number of nitrogens with one attached hydrogen (secondary N) is 1. The van der Waals surface area contributed by atoms with E-state index in [-0.39, 0.29) is 0 Å². The molecule has 0 aliphatic rings. The van der Waals surface area contributed by atoms with Crippen LogP contribution < -0.4 is 5.32 Å². The number of hydrogen-bond acceptors (Lipinski definition) is 3. The Morgan fingerprint density at radius 3 is 2.88 bits per heavy atom. The van der Waals surface area contributed by atoms with Gasteiger partial charge in [0.05, 0.1) is 6.61 Å². The fraction of sp³-hybridized carbons (Fsp3) is 1.00. The third-order valence-corrected chi connectivity index (χ3v) is 1.03. The van der Waals surface area contributed by atoms with Crippen molar-refractivity contribution in [1.29, 1.82) is 0 Å².